The average Bonchev–Trinajstić information content (AvgIpc) is 2.80. The lowest BCUT2D eigenvalue weighted by molar-refractivity contribution is -0.208. The minimum absolute atomic E-state index is 0.364. The van der Waals surface area contributed by atoms with Gasteiger partial charge in [-0.1, -0.05) is 0 Å². The molecule has 0 aliphatic heterocycles. The lowest BCUT2D eigenvalue weighted by atomic mass is 10.2. The summed E-state index contributed by atoms with van der Waals surface area (Å²) in [7, 11) is 0. The Bertz CT molecular complexity index is 232. The highest BCUT2D eigenvalue weighted by molar-refractivity contribution is 4.93. The van der Waals surface area contributed by atoms with Crippen molar-refractivity contribution in [2.45, 2.75) is 37.3 Å². The largest absolute Gasteiger partial charge is 0.405 e. The van der Waals surface area contributed by atoms with Crippen molar-refractivity contribution in [3.8, 4) is 0 Å². The van der Waals surface area contributed by atoms with Crippen molar-refractivity contribution in [3.05, 3.63) is 0 Å². The van der Waals surface area contributed by atoms with Gasteiger partial charge >= 0.3 is 12.4 Å². The SMILES string of the molecule is NCC(N(CC(F)(F)F)C1CC1)C(F)(F)F. The van der Waals surface area contributed by atoms with Crippen molar-refractivity contribution < 1.29 is 26.3 Å². The third-order valence-electron chi connectivity index (χ3n) is 2.38. The molecule has 0 aromatic carbocycles. The summed E-state index contributed by atoms with van der Waals surface area (Å²) < 4.78 is 73.7. The third kappa shape index (κ3) is 3.82. The first-order valence-electron chi connectivity index (χ1n) is 4.74. The molecule has 1 atom stereocenters. The molecule has 0 amide bonds. The molecule has 0 aromatic rings. The summed E-state index contributed by atoms with van der Waals surface area (Å²) in [6.07, 6.45) is -8.63. The molecule has 0 radical (unpaired) electrons. The Balaban J connectivity index is 2.75. The molecular weight excluding hydrogens is 238 g/mol. The Kier molecular flexibility index (Phi) is 3.73. The van der Waals surface area contributed by atoms with E-state index in [1.54, 1.807) is 0 Å². The van der Waals surface area contributed by atoms with E-state index < -0.39 is 37.5 Å². The molecule has 16 heavy (non-hydrogen) atoms. The topological polar surface area (TPSA) is 29.3 Å². The molecule has 0 saturated heterocycles. The number of nitrogens with two attached hydrogens (primary N) is 1. The summed E-state index contributed by atoms with van der Waals surface area (Å²) in [5, 5.41) is 0. The van der Waals surface area contributed by atoms with Crippen molar-refractivity contribution in [1.29, 1.82) is 0 Å². The average molecular weight is 250 g/mol. The van der Waals surface area contributed by atoms with Gasteiger partial charge in [0.15, 0.2) is 0 Å². The minimum Gasteiger partial charge on any atom is -0.329 e. The molecule has 0 spiro atoms. The number of hydrogen-bond donors (Lipinski definition) is 1. The molecular formula is C8H12F6N2. The van der Waals surface area contributed by atoms with E-state index in [9.17, 15) is 26.3 Å². The van der Waals surface area contributed by atoms with E-state index in [4.69, 9.17) is 5.73 Å². The lowest BCUT2D eigenvalue weighted by Crippen LogP contribution is -2.54. The van der Waals surface area contributed by atoms with E-state index in [0.717, 1.165) is 0 Å². The van der Waals surface area contributed by atoms with Crippen molar-refractivity contribution in [2.24, 2.45) is 5.73 Å². The van der Waals surface area contributed by atoms with Crippen molar-refractivity contribution >= 4 is 0 Å². The monoisotopic (exact) mass is 250 g/mol. The summed E-state index contributed by atoms with van der Waals surface area (Å²) in [6, 6.07) is -2.85. The highest BCUT2D eigenvalue weighted by atomic mass is 19.4. The molecule has 1 aliphatic carbocycles. The van der Waals surface area contributed by atoms with Gasteiger partial charge in [-0.05, 0) is 12.8 Å². The molecule has 1 aliphatic rings. The Labute approximate surface area is 88.4 Å². The maximum atomic E-state index is 12.4. The van der Waals surface area contributed by atoms with Crippen LogP contribution in [0.4, 0.5) is 26.3 Å². The number of hydrogen-bond acceptors (Lipinski definition) is 2. The second-order valence-electron chi connectivity index (χ2n) is 3.81. The molecule has 1 rings (SSSR count). The van der Waals surface area contributed by atoms with Crippen LogP contribution >= 0.6 is 0 Å². The molecule has 1 saturated carbocycles. The van der Waals surface area contributed by atoms with Gasteiger partial charge in [0.1, 0.15) is 6.04 Å². The highest BCUT2D eigenvalue weighted by Crippen LogP contribution is 2.36. The summed E-state index contributed by atoms with van der Waals surface area (Å²) in [5.74, 6) is 0. The normalized spacial score (nSPS) is 20.2. The van der Waals surface area contributed by atoms with E-state index in [1.165, 1.54) is 0 Å². The fourth-order valence-corrected chi connectivity index (χ4v) is 1.56. The second kappa shape index (κ2) is 4.40. The van der Waals surface area contributed by atoms with Crippen LogP contribution in [-0.4, -0.2) is 42.4 Å². The summed E-state index contributed by atoms with van der Waals surface area (Å²) >= 11 is 0. The molecule has 1 unspecified atom stereocenters. The Morgan fingerprint density at radius 3 is 1.88 bits per heavy atom. The standard InChI is InChI=1S/C8H12F6N2/c9-7(10,11)4-16(5-1-2-5)6(3-15)8(12,13)14/h5-6H,1-4,15H2. The van der Waals surface area contributed by atoms with Gasteiger partial charge in [0.2, 0.25) is 0 Å². The molecule has 0 bridgehead atoms. The fraction of sp³-hybridized carbons (Fsp3) is 1.00. The fourth-order valence-electron chi connectivity index (χ4n) is 1.56. The molecule has 8 heteroatoms. The van der Waals surface area contributed by atoms with Gasteiger partial charge in [-0.3, -0.25) is 4.90 Å². The highest BCUT2D eigenvalue weighted by Gasteiger charge is 2.50. The first-order chi connectivity index (χ1) is 7.15. The van der Waals surface area contributed by atoms with E-state index >= 15 is 0 Å². The van der Waals surface area contributed by atoms with E-state index in [0.29, 0.717) is 17.7 Å². The Hall–Kier alpha value is -0.500. The van der Waals surface area contributed by atoms with E-state index in [2.05, 4.69) is 0 Å². The maximum absolute atomic E-state index is 12.4. The van der Waals surface area contributed by atoms with Crippen LogP contribution in [-0.2, 0) is 0 Å². The van der Waals surface area contributed by atoms with Crippen LogP contribution in [0.1, 0.15) is 12.8 Å². The summed E-state index contributed by atoms with van der Waals surface area (Å²) in [4.78, 5) is 0.417. The zero-order chi connectivity index (χ0) is 12.6. The maximum Gasteiger partial charge on any atom is 0.405 e. The quantitative estimate of drug-likeness (QED) is 0.772. The van der Waals surface area contributed by atoms with Crippen LogP contribution in [0, 0.1) is 0 Å². The van der Waals surface area contributed by atoms with Crippen molar-refractivity contribution in [1.82, 2.24) is 4.90 Å². The van der Waals surface area contributed by atoms with Crippen LogP contribution in [0.25, 0.3) is 0 Å². The van der Waals surface area contributed by atoms with E-state index in [-0.39, 0.29) is 0 Å². The number of halogens is 6. The van der Waals surface area contributed by atoms with Crippen LogP contribution < -0.4 is 5.73 Å². The molecule has 96 valence electrons. The van der Waals surface area contributed by atoms with Crippen LogP contribution in [0.2, 0.25) is 0 Å². The lowest BCUT2D eigenvalue weighted by Gasteiger charge is -2.32. The Morgan fingerprint density at radius 1 is 1.12 bits per heavy atom. The molecule has 1 fully saturated rings. The van der Waals surface area contributed by atoms with Gasteiger partial charge < -0.3 is 5.73 Å². The number of alkyl halides is 6. The second-order valence-corrected chi connectivity index (χ2v) is 3.81. The third-order valence-corrected chi connectivity index (χ3v) is 2.38. The predicted octanol–water partition coefficient (Wildman–Crippen LogP) is 1.90. The van der Waals surface area contributed by atoms with Gasteiger partial charge in [-0.25, -0.2) is 0 Å². The molecule has 0 aromatic heterocycles. The first kappa shape index (κ1) is 13.6. The summed E-state index contributed by atoms with van der Waals surface area (Å²) in [6.45, 7) is -2.41. The molecule has 0 heterocycles. The Morgan fingerprint density at radius 2 is 1.62 bits per heavy atom. The van der Waals surface area contributed by atoms with Gasteiger partial charge in [-0.15, -0.1) is 0 Å². The van der Waals surface area contributed by atoms with E-state index in [1.807, 2.05) is 0 Å². The zero-order valence-corrected chi connectivity index (χ0v) is 8.28. The van der Waals surface area contributed by atoms with Crippen molar-refractivity contribution in [2.75, 3.05) is 13.1 Å². The van der Waals surface area contributed by atoms with Gasteiger partial charge in [0.25, 0.3) is 0 Å². The minimum atomic E-state index is -4.72. The predicted molar refractivity (Wildman–Crippen MR) is 44.7 cm³/mol. The molecule has 2 N–H and O–H groups in total. The van der Waals surface area contributed by atoms with Gasteiger partial charge in [0, 0.05) is 12.6 Å². The first-order valence-corrected chi connectivity index (χ1v) is 4.74. The van der Waals surface area contributed by atoms with Gasteiger partial charge in [-0.2, -0.15) is 26.3 Å². The smallest absolute Gasteiger partial charge is 0.329 e. The number of rotatable bonds is 4. The molecule has 2 nitrogen and oxygen atoms in total. The van der Waals surface area contributed by atoms with Crippen LogP contribution in [0.3, 0.4) is 0 Å². The van der Waals surface area contributed by atoms with Gasteiger partial charge in [0.05, 0.1) is 6.54 Å². The zero-order valence-electron chi connectivity index (χ0n) is 8.28. The van der Waals surface area contributed by atoms with Crippen LogP contribution in [0.15, 0.2) is 0 Å². The van der Waals surface area contributed by atoms with Crippen molar-refractivity contribution in [3.63, 3.8) is 0 Å². The number of nitrogens with zero attached hydrogens (tertiary/aromatic N) is 1. The summed E-state index contributed by atoms with van der Waals surface area (Å²) in [5.41, 5.74) is 4.92. The van der Waals surface area contributed by atoms with Crippen LogP contribution in [0.5, 0.6) is 0 Å².